The first-order valence-electron chi connectivity index (χ1n) is 8.36. The molecule has 1 unspecified atom stereocenters. The number of nitrogens with zero attached hydrogens (tertiary/aromatic N) is 2. The van der Waals surface area contributed by atoms with Gasteiger partial charge in [-0.2, -0.15) is 0 Å². The highest BCUT2D eigenvalue weighted by Gasteiger charge is 2.24. The van der Waals surface area contributed by atoms with Gasteiger partial charge in [-0.15, -0.1) is 0 Å². The molecule has 0 radical (unpaired) electrons. The Hall–Kier alpha value is -0.160. The summed E-state index contributed by atoms with van der Waals surface area (Å²) in [6.07, 6.45) is 3.10. The van der Waals surface area contributed by atoms with Gasteiger partial charge in [-0.05, 0) is 57.9 Å². The molecule has 2 saturated heterocycles. The van der Waals surface area contributed by atoms with Crippen LogP contribution in [0.15, 0.2) is 0 Å². The number of hydrogen-bond acceptors (Lipinski definition) is 4. The third kappa shape index (κ3) is 5.68. The number of rotatable bonds is 6. The number of likely N-dealkylation sites (N-methyl/N-ethyl adjacent to an activating group) is 1. The zero-order valence-corrected chi connectivity index (χ0v) is 13.6. The van der Waals surface area contributed by atoms with Gasteiger partial charge in [0.1, 0.15) is 0 Å². The maximum Gasteiger partial charge on any atom is 0.0829 e. The standard InChI is InChI=1S/C16H33N3O/c1-14(2)10-17-11-15-4-6-19(7-5-15)13-16-12-18(3)8-9-20-16/h14-17H,4-13H2,1-3H3. The lowest BCUT2D eigenvalue weighted by molar-refractivity contribution is -0.0393. The number of morpholine rings is 1. The normalized spacial score (nSPS) is 27.3. The molecule has 4 heteroatoms. The van der Waals surface area contributed by atoms with Crippen LogP contribution in [0.5, 0.6) is 0 Å². The zero-order chi connectivity index (χ0) is 14.4. The Morgan fingerprint density at radius 1 is 1.20 bits per heavy atom. The molecule has 2 heterocycles. The Labute approximate surface area is 124 Å². The van der Waals surface area contributed by atoms with Crippen LogP contribution < -0.4 is 5.32 Å². The quantitative estimate of drug-likeness (QED) is 0.795. The van der Waals surface area contributed by atoms with Crippen LogP contribution in [-0.4, -0.2) is 75.4 Å². The molecule has 0 aliphatic carbocycles. The average molecular weight is 283 g/mol. The fourth-order valence-corrected chi connectivity index (χ4v) is 3.21. The van der Waals surface area contributed by atoms with Gasteiger partial charge in [0.05, 0.1) is 12.7 Å². The molecule has 0 aromatic carbocycles. The van der Waals surface area contributed by atoms with Crippen LogP contribution in [0.4, 0.5) is 0 Å². The predicted molar refractivity (Wildman–Crippen MR) is 84.1 cm³/mol. The summed E-state index contributed by atoms with van der Waals surface area (Å²) in [7, 11) is 2.20. The number of hydrogen-bond donors (Lipinski definition) is 1. The molecule has 0 aromatic heterocycles. The van der Waals surface area contributed by atoms with Crippen molar-refractivity contribution in [2.75, 3.05) is 59.5 Å². The van der Waals surface area contributed by atoms with E-state index in [0.717, 1.165) is 44.6 Å². The van der Waals surface area contributed by atoms with E-state index in [1.54, 1.807) is 0 Å². The van der Waals surface area contributed by atoms with Crippen molar-refractivity contribution in [3.05, 3.63) is 0 Å². The summed E-state index contributed by atoms with van der Waals surface area (Å²) in [6.45, 7) is 13.6. The molecule has 0 aromatic rings. The number of ether oxygens (including phenoxy) is 1. The maximum atomic E-state index is 5.87. The van der Waals surface area contributed by atoms with Crippen LogP contribution in [0.1, 0.15) is 26.7 Å². The van der Waals surface area contributed by atoms with E-state index in [1.807, 2.05) is 0 Å². The number of likely N-dealkylation sites (tertiary alicyclic amines) is 1. The largest absolute Gasteiger partial charge is 0.374 e. The van der Waals surface area contributed by atoms with Crippen molar-refractivity contribution in [3.8, 4) is 0 Å². The van der Waals surface area contributed by atoms with Gasteiger partial charge in [0.25, 0.3) is 0 Å². The maximum absolute atomic E-state index is 5.87. The van der Waals surface area contributed by atoms with Gasteiger partial charge in [0.2, 0.25) is 0 Å². The Bertz CT molecular complexity index is 264. The van der Waals surface area contributed by atoms with E-state index in [0.29, 0.717) is 6.10 Å². The van der Waals surface area contributed by atoms with Crippen LogP contribution in [0.2, 0.25) is 0 Å². The summed E-state index contributed by atoms with van der Waals surface area (Å²) in [4.78, 5) is 4.99. The van der Waals surface area contributed by atoms with E-state index >= 15 is 0 Å². The summed E-state index contributed by atoms with van der Waals surface area (Å²) < 4.78 is 5.87. The number of piperidine rings is 1. The fraction of sp³-hybridized carbons (Fsp3) is 1.00. The lowest BCUT2D eigenvalue weighted by atomic mass is 9.96. The molecule has 1 N–H and O–H groups in total. The van der Waals surface area contributed by atoms with Gasteiger partial charge in [-0.1, -0.05) is 13.8 Å². The molecule has 118 valence electrons. The van der Waals surface area contributed by atoms with Gasteiger partial charge in [-0.3, -0.25) is 0 Å². The zero-order valence-electron chi connectivity index (χ0n) is 13.6. The van der Waals surface area contributed by atoms with Crippen molar-refractivity contribution in [2.45, 2.75) is 32.8 Å². The summed E-state index contributed by atoms with van der Waals surface area (Å²) >= 11 is 0. The van der Waals surface area contributed by atoms with Crippen LogP contribution in [0.25, 0.3) is 0 Å². The summed E-state index contributed by atoms with van der Waals surface area (Å²) in [5, 5.41) is 3.61. The molecule has 2 aliphatic heterocycles. The summed E-state index contributed by atoms with van der Waals surface area (Å²) in [6, 6.07) is 0. The van der Waals surface area contributed by atoms with E-state index in [-0.39, 0.29) is 0 Å². The molecule has 0 spiro atoms. The molecule has 0 amide bonds. The second-order valence-electron chi connectivity index (χ2n) is 7.05. The molecule has 4 nitrogen and oxygen atoms in total. The van der Waals surface area contributed by atoms with Gasteiger partial charge in [-0.25, -0.2) is 0 Å². The van der Waals surface area contributed by atoms with Gasteiger partial charge in [0.15, 0.2) is 0 Å². The van der Waals surface area contributed by atoms with Crippen molar-refractivity contribution in [1.29, 1.82) is 0 Å². The first-order valence-corrected chi connectivity index (χ1v) is 8.36. The van der Waals surface area contributed by atoms with Crippen molar-refractivity contribution >= 4 is 0 Å². The molecule has 2 fully saturated rings. The van der Waals surface area contributed by atoms with E-state index in [1.165, 1.54) is 32.5 Å². The highest BCUT2D eigenvalue weighted by atomic mass is 16.5. The van der Waals surface area contributed by atoms with Crippen LogP contribution >= 0.6 is 0 Å². The topological polar surface area (TPSA) is 27.7 Å². The van der Waals surface area contributed by atoms with E-state index < -0.39 is 0 Å². The Morgan fingerprint density at radius 2 is 1.95 bits per heavy atom. The van der Waals surface area contributed by atoms with E-state index in [2.05, 4.69) is 36.0 Å². The Kier molecular flexibility index (Phi) is 6.75. The van der Waals surface area contributed by atoms with Crippen molar-refractivity contribution in [3.63, 3.8) is 0 Å². The molecule has 2 rings (SSSR count). The monoisotopic (exact) mass is 283 g/mol. The Morgan fingerprint density at radius 3 is 2.60 bits per heavy atom. The van der Waals surface area contributed by atoms with Crippen LogP contribution in [-0.2, 0) is 4.74 Å². The molecule has 20 heavy (non-hydrogen) atoms. The van der Waals surface area contributed by atoms with E-state index in [4.69, 9.17) is 4.74 Å². The molecular weight excluding hydrogens is 250 g/mol. The minimum Gasteiger partial charge on any atom is -0.374 e. The Balaban J connectivity index is 1.59. The number of nitrogens with one attached hydrogen (secondary N) is 1. The van der Waals surface area contributed by atoms with Crippen molar-refractivity contribution < 1.29 is 4.74 Å². The highest BCUT2D eigenvalue weighted by molar-refractivity contribution is 4.78. The minimum atomic E-state index is 0.421. The van der Waals surface area contributed by atoms with E-state index in [9.17, 15) is 0 Å². The van der Waals surface area contributed by atoms with Crippen molar-refractivity contribution in [1.82, 2.24) is 15.1 Å². The molecule has 1 atom stereocenters. The first-order chi connectivity index (χ1) is 9.63. The average Bonchev–Trinajstić information content (AvgIpc) is 2.40. The van der Waals surface area contributed by atoms with Crippen molar-refractivity contribution in [2.24, 2.45) is 11.8 Å². The van der Waals surface area contributed by atoms with Gasteiger partial charge < -0.3 is 19.9 Å². The highest BCUT2D eigenvalue weighted by Crippen LogP contribution is 2.17. The van der Waals surface area contributed by atoms with Gasteiger partial charge in [0, 0.05) is 19.6 Å². The smallest absolute Gasteiger partial charge is 0.0829 e. The molecular formula is C16H33N3O. The minimum absolute atomic E-state index is 0.421. The fourth-order valence-electron chi connectivity index (χ4n) is 3.21. The second kappa shape index (κ2) is 8.32. The first kappa shape index (κ1) is 16.2. The SMILES string of the molecule is CC(C)CNCC1CCN(CC2CN(C)CCO2)CC1. The third-order valence-electron chi connectivity index (χ3n) is 4.50. The summed E-state index contributed by atoms with van der Waals surface area (Å²) in [5.74, 6) is 1.63. The molecule has 0 bridgehead atoms. The lowest BCUT2D eigenvalue weighted by Gasteiger charge is -2.37. The molecule has 0 saturated carbocycles. The second-order valence-corrected chi connectivity index (χ2v) is 7.05. The van der Waals surface area contributed by atoms with Gasteiger partial charge >= 0.3 is 0 Å². The predicted octanol–water partition coefficient (Wildman–Crippen LogP) is 1.27. The summed E-state index contributed by atoms with van der Waals surface area (Å²) in [5.41, 5.74) is 0. The molecule has 2 aliphatic rings. The third-order valence-corrected chi connectivity index (χ3v) is 4.50. The lowest BCUT2D eigenvalue weighted by Crippen LogP contribution is -2.48. The van der Waals surface area contributed by atoms with Crippen LogP contribution in [0.3, 0.4) is 0 Å². The van der Waals surface area contributed by atoms with Crippen LogP contribution in [0, 0.1) is 11.8 Å².